The van der Waals surface area contributed by atoms with E-state index in [9.17, 15) is 0 Å². The number of unbranched alkanes of at least 4 members (excludes halogenated alkanes) is 7. The van der Waals surface area contributed by atoms with Gasteiger partial charge in [0.15, 0.2) is 0 Å². The van der Waals surface area contributed by atoms with Crippen LogP contribution in [-0.2, 0) is 0 Å². The van der Waals surface area contributed by atoms with Gasteiger partial charge in [-0.1, -0.05) is 74.2 Å². The largest absolute Gasteiger partial charge is 0.164 e. The van der Waals surface area contributed by atoms with Crippen LogP contribution in [0.5, 0.6) is 0 Å². The number of alkyl halides is 1. The first-order valence-corrected chi connectivity index (χ1v) is 7.02. The van der Waals surface area contributed by atoms with E-state index in [1.807, 2.05) is 0 Å². The minimum Gasteiger partial charge on any atom is -0.164 e. The molecule has 0 saturated carbocycles. The van der Waals surface area contributed by atoms with Gasteiger partial charge in [0.2, 0.25) is 0 Å². The zero-order valence-corrected chi connectivity index (χ0v) is 11.2. The van der Waals surface area contributed by atoms with Crippen molar-refractivity contribution >= 4 is 28.6 Å². The Bertz CT molecular complexity index is 94.1. The van der Waals surface area contributed by atoms with Gasteiger partial charge in [-0.25, -0.2) is 0 Å². The fourth-order valence-electron chi connectivity index (χ4n) is 1.45. The monoisotopic (exact) mass is 266 g/mol. The summed E-state index contributed by atoms with van der Waals surface area (Å²) in [5.41, 5.74) is 0. The van der Waals surface area contributed by atoms with Crippen LogP contribution >= 0.6 is 28.6 Å². The van der Waals surface area contributed by atoms with E-state index in [1.165, 1.54) is 57.8 Å². The predicted molar refractivity (Wildman–Crippen MR) is 68.9 cm³/mol. The van der Waals surface area contributed by atoms with Crippen molar-refractivity contribution in [2.45, 2.75) is 68.9 Å². The summed E-state index contributed by atoms with van der Waals surface area (Å²) in [4.78, 5) is 0. The van der Waals surface area contributed by atoms with Crippen LogP contribution in [0, 0.1) is 0 Å². The van der Waals surface area contributed by atoms with Crippen LogP contribution in [0.15, 0.2) is 0 Å². The number of thiol groups is 1. The topological polar surface area (TPSA) is 0 Å². The van der Waals surface area contributed by atoms with E-state index in [1.54, 1.807) is 0 Å². The van der Waals surface area contributed by atoms with Crippen molar-refractivity contribution in [3.05, 3.63) is 0 Å². The Hall–Kier alpha value is 0.830. The van der Waals surface area contributed by atoms with E-state index in [4.69, 9.17) is 0 Å². The molecule has 1 atom stereocenters. The van der Waals surface area contributed by atoms with Crippen molar-refractivity contribution in [3.63, 3.8) is 0 Å². The van der Waals surface area contributed by atoms with Gasteiger partial charge in [0.25, 0.3) is 0 Å². The highest BCUT2D eigenvalue weighted by Crippen LogP contribution is 2.15. The molecule has 0 aliphatic rings. The van der Waals surface area contributed by atoms with Gasteiger partial charge in [0.1, 0.15) is 0 Å². The van der Waals surface area contributed by atoms with E-state index in [2.05, 4.69) is 35.5 Å². The van der Waals surface area contributed by atoms with Crippen molar-refractivity contribution in [1.29, 1.82) is 0 Å². The van der Waals surface area contributed by atoms with Gasteiger partial charge in [0, 0.05) is 0 Å². The SMILES string of the molecule is CCCCCCCCCCC(S)Br. The van der Waals surface area contributed by atoms with Crippen LogP contribution in [0.25, 0.3) is 0 Å². The third kappa shape index (κ3) is 12.8. The molecule has 0 nitrogen and oxygen atoms in total. The maximum atomic E-state index is 4.29. The zero-order chi connectivity index (χ0) is 9.94. The highest BCUT2D eigenvalue weighted by Gasteiger charge is 1.96. The average molecular weight is 267 g/mol. The summed E-state index contributed by atoms with van der Waals surface area (Å²) in [6.07, 6.45) is 12.4. The third-order valence-electron chi connectivity index (χ3n) is 2.30. The predicted octanol–water partition coefficient (Wildman–Crippen LogP) is 5.17. The molecule has 13 heavy (non-hydrogen) atoms. The normalized spacial score (nSPS) is 13.2. The quantitative estimate of drug-likeness (QED) is 0.332. The Morgan fingerprint density at radius 1 is 0.923 bits per heavy atom. The van der Waals surface area contributed by atoms with E-state index in [0.717, 1.165) is 0 Å². The molecule has 0 spiro atoms. The molecule has 0 aromatic rings. The fraction of sp³-hybridized carbons (Fsp3) is 1.00. The molecule has 0 amide bonds. The Morgan fingerprint density at radius 3 is 1.85 bits per heavy atom. The molecule has 0 rings (SSSR count). The van der Waals surface area contributed by atoms with Crippen molar-refractivity contribution < 1.29 is 0 Å². The standard InChI is InChI=1S/C11H23BrS/c1-2-3-4-5-6-7-8-9-10-11(12)13/h11,13H,2-10H2,1H3. The van der Waals surface area contributed by atoms with E-state index in [0.29, 0.717) is 4.16 Å². The van der Waals surface area contributed by atoms with Gasteiger partial charge < -0.3 is 0 Å². The van der Waals surface area contributed by atoms with Gasteiger partial charge in [-0.2, -0.15) is 12.6 Å². The van der Waals surface area contributed by atoms with Crippen molar-refractivity contribution in [2.75, 3.05) is 0 Å². The molecule has 0 aromatic carbocycles. The number of hydrogen-bond donors (Lipinski definition) is 1. The van der Waals surface area contributed by atoms with Crippen LogP contribution < -0.4 is 0 Å². The highest BCUT2D eigenvalue weighted by molar-refractivity contribution is 9.11. The van der Waals surface area contributed by atoms with Crippen molar-refractivity contribution in [2.24, 2.45) is 0 Å². The maximum Gasteiger partial charge on any atom is 0.0570 e. The first-order valence-electron chi connectivity index (χ1n) is 5.59. The Labute approximate surface area is 97.4 Å². The van der Waals surface area contributed by atoms with Crippen LogP contribution in [-0.4, -0.2) is 4.16 Å². The van der Waals surface area contributed by atoms with Crippen LogP contribution in [0.3, 0.4) is 0 Å². The minimum absolute atomic E-state index is 0.410. The molecule has 1 unspecified atom stereocenters. The van der Waals surface area contributed by atoms with Crippen LogP contribution in [0.1, 0.15) is 64.7 Å². The van der Waals surface area contributed by atoms with Crippen molar-refractivity contribution in [1.82, 2.24) is 0 Å². The van der Waals surface area contributed by atoms with Gasteiger partial charge in [-0.05, 0) is 6.42 Å². The molecule has 0 aliphatic carbocycles. The van der Waals surface area contributed by atoms with E-state index >= 15 is 0 Å². The van der Waals surface area contributed by atoms with Gasteiger partial charge in [-0.3, -0.25) is 0 Å². The van der Waals surface area contributed by atoms with E-state index in [-0.39, 0.29) is 0 Å². The molecule has 0 aliphatic heterocycles. The second-order valence-electron chi connectivity index (χ2n) is 3.70. The lowest BCUT2D eigenvalue weighted by atomic mass is 10.1. The molecule has 0 saturated heterocycles. The molecule has 0 N–H and O–H groups in total. The molecule has 0 bridgehead atoms. The van der Waals surface area contributed by atoms with Gasteiger partial charge in [0.05, 0.1) is 4.16 Å². The number of rotatable bonds is 9. The summed E-state index contributed by atoms with van der Waals surface area (Å²) < 4.78 is 0.410. The smallest absolute Gasteiger partial charge is 0.0570 e. The summed E-state index contributed by atoms with van der Waals surface area (Å²) in [5.74, 6) is 0. The average Bonchev–Trinajstić information content (AvgIpc) is 2.09. The molecule has 80 valence electrons. The van der Waals surface area contributed by atoms with Crippen LogP contribution in [0.2, 0.25) is 0 Å². The van der Waals surface area contributed by atoms with Gasteiger partial charge in [-0.15, -0.1) is 0 Å². The molecule has 0 fully saturated rings. The number of halogens is 1. The first kappa shape index (κ1) is 13.8. The first-order chi connectivity index (χ1) is 6.27. The summed E-state index contributed by atoms with van der Waals surface area (Å²) in [6, 6.07) is 0. The molecule has 0 heterocycles. The summed E-state index contributed by atoms with van der Waals surface area (Å²) in [5, 5.41) is 0. The van der Waals surface area contributed by atoms with Crippen LogP contribution in [0.4, 0.5) is 0 Å². The molecule has 2 heteroatoms. The molecular weight excluding hydrogens is 244 g/mol. The fourth-order valence-corrected chi connectivity index (χ4v) is 1.95. The Kier molecular flexibility index (Phi) is 11.6. The summed E-state index contributed by atoms with van der Waals surface area (Å²) in [7, 11) is 0. The lowest BCUT2D eigenvalue weighted by molar-refractivity contribution is 0.572. The molecule has 0 aromatic heterocycles. The second-order valence-corrected chi connectivity index (χ2v) is 6.13. The van der Waals surface area contributed by atoms with Crippen molar-refractivity contribution in [3.8, 4) is 0 Å². The zero-order valence-electron chi connectivity index (χ0n) is 8.77. The lowest BCUT2D eigenvalue weighted by Gasteiger charge is -2.02. The summed E-state index contributed by atoms with van der Waals surface area (Å²) in [6.45, 7) is 2.27. The summed E-state index contributed by atoms with van der Waals surface area (Å²) >= 11 is 7.73. The van der Waals surface area contributed by atoms with E-state index < -0.39 is 0 Å². The number of hydrogen-bond acceptors (Lipinski definition) is 1. The highest BCUT2D eigenvalue weighted by atomic mass is 79.9. The second kappa shape index (κ2) is 10.9. The lowest BCUT2D eigenvalue weighted by Crippen LogP contribution is -1.86. The Balaban J connectivity index is 2.84. The Morgan fingerprint density at radius 2 is 1.38 bits per heavy atom. The molecule has 0 radical (unpaired) electrons. The third-order valence-corrected chi connectivity index (χ3v) is 3.01. The molecular formula is C11H23BrS. The maximum absolute atomic E-state index is 4.29. The minimum atomic E-state index is 0.410. The van der Waals surface area contributed by atoms with Gasteiger partial charge >= 0.3 is 0 Å².